The van der Waals surface area contributed by atoms with E-state index < -0.39 is 5.41 Å². The highest BCUT2D eigenvalue weighted by atomic mass is 127. The van der Waals surface area contributed by atoms with Gasteiger partial charge in [0.15, 0.2) is 5.96 Å². The lowest BCUT2D eigenvalue weighted by molar-refractivity contribution is -0.129. The average Bonchev–Trinajstić information content (AvgIpc) is 2.49. The molecule has 0 aromatic carbocycles. The number of guanidine groups is 1. The molecule has 0 fully saturated rings. The quantitative estimate of drug-likeness (QED) is 0.199. The van der Waals surface area contributed by atoms with Crippen molar-refractivity contribution in [2.24, 2.45) is 10.4 Å². The summed E-state index contributed by atoms with van der Waals surface area (Å²) in [5, 5.41) is 9.15. The lowest BCUT2D eigenvalue weighted by atomic mass is 9.92. The van der Waals surface area contributed by atoms with Crippen molar-refractivity contribution in [1.29, 1.82) is 0 Å². The van der Waals surface area contributed by atoms with Gasteiger partial charge in [-0.05, 0) is 27.0 Å². The van der Waals surface area contributed by atoms with E-state index in [0.29, 0.717) is 19.0 Å². The van der Waals surface area contributed by atoms with Crippen LogP contribution in [-0.4, -0.2) is 75.0 Å². The van der Waals surface area contributed by atoms with Crippen LogP contribution in [0.2, 0.25) is 0 Å². The van der Waals surface area contributed by atoms with Crippen LogP contribution in [-0.2, 0) is 9.59 Å². The van der Waals surface area contributed by atoms with E-state index in [9.17, 15) is 9.59 Å². The van der Waals surface area contributed by atoms with Crippen LogP contribution >= 0.6 is 35.7 Å². The molecule has 0 aromatic heterocycles. The van der Waals surface area contributed by atoms with E-state index in [1.165, 1.54) is 4.90 Å². The van der Waals surface area contributed by atoms with Crippen LogP contribution in [0, 0.1) is 5.41 Å². The van der Waals surface area contributed by atoms with Crippen LogP contribution in [0.1, 0.15) is 20.8 Å². The molecule has 0 aliphatic rings. The first-order valence-corrected chi connectivity index (χ1v) is 9.13. The third-order valence-corrected chi connectivity index (χ3v) is 3.73. The molecule has 7 nitrogen and oxygen atoms in total. The van der Waals surface area contributed by atoms with Gasteiger partial charge < -0.3 is 20.9 Å². The number of hydrogen-bond donors (Lipinski definition) is 3. The van der Waals surface area contributed by atoms with E-state index in [0.717, 1.165) is 12.3 Å². The standard InChI is InChI=1S/C15H31N5O2S.HI/c1-7-16-13(22)15(2,3)11-19-14(17-8-9-23-6)18-10-12(21)20(4)5;/h7-11H2,1-6H3,(H,16,22)(H2,17,18,19);1H. The Morgan fingerprint density at radius 3 is 2.29 bits per heavy atom. The molecule has 0 unspecified atom stereocenters. The first-order chi connectivity index (χ1) is 10.7. The van der Waals surface area contributed by atoms with E-state index in [1.54, 1.807) is 25.9 Å². The maximum Gasteiger partial charge on any atom is 0.243 e. The minimum atomic E-state index is -0.566. The molecule has 0 saturated carbocycles. The van der Waals surface area contributed by atoms with Crippen molar-refractivity contribution in [3.05, 3.63) is 0 Å². The molecular weight excluding hydrogens is 441 g/mol. The van der Waals surface area contributed by atoms with Gasteiger partial charge in [0, 0.05) is 39.5 Å². The van der Waals surface area contributed by atoms with Crippen LogP contribution in [0.25, 0.3) is 0 Å². The fraction of sp³-hybridized carbons (Fsp3) is 0.800. The number of carbonyl (C=O) groups excluding carboxylic acids is 2. The Morgan fingerprint density at radius 1 is 1.17 bits per heavy atom. The number of halogens is 1. The molecule has 2 amide bonds. The van der Waals surface area contributed by atoms with Crippen LogP contribution in [0.4, 0.5) is 0 Å². The smallest absolute Gasteiger partial charge is 0.243 e. The summed E-state index contributed by atoms with van der Waals surface area (Å²) in [6, 6.07) is 0. The van der Waals surface area contributed by atoms with Gasteiger partial charge in [-0.15, -0.1) is 24.0 Å². The minimum absolute atomic E-state index is 0. The van der Waals surface area contributed by atoms with E-state index in [4.69, 9.17) is 0 Å². The number of aliphatic imine (C=N–C) groups is 1. The number of rotatable bonds is 9. The normalized spacial score (nSPS) is 11.3. The van der Waals surface area contributed by atoms with Gasteiger partial charge in [-0.2, -0.15) is 11.8 Å². The highest BCUT2D eigenvalue weighted by Gasteiger charge is 2.27. The molecule has 0 atom stereocenters. The van der Waals surface area contributed by atoms with Gasteiger partial charge in [-0.1, -0.05) is 0 Å². The monoisotopic (exact) mass is 473 g/mol. The van der Waals surface area contributed by atoms with E-state index >= 15 is 0 Å². The van der Waals surface area contributed by atoms with Crippen molar-refractivity contribution in [2.45, 2.75) is 20.8 Å². The van der Waals surface area contributed by atoms with Crippen LogP contribution in [0.5, 0.6) is 0 Å². The fourth-order valence-corrected chi connectivity index (χ4v) is 1.82. The molecule has 0 aromatic rings. The number of nitrogens with one attached hydrogen (secondary N) is 3. The summed E-state index contributed by atoms with van der Waals surface area (Å²) in [4.78, 5) is 29.5. The second-order valence-electron chi connectivity index (χ2n) is 5.97. The van der Waals surface area contributed by atoms with Gasteiger partial charge in [-0.25, -0.2) is 4.99 Å². The lowest BCUT2D eigenvalue weighted by Gasteiger charge is -2.25. The zero-order chi connectivity index (χ0) is 17.9. The highest BCUT2D eigenvalue weighted by molar-refractivity contribution is 14.0. The Balaban J connectivity index is 0. The first-order valence-electron chi connectivity index (χ1n) is 7.74. The third kappa shape index (κ3) is 11.0. The fourth-order valence-electron chi connectivity index (χ4n) is 1.52. The number of carbonyl (C=O) groups is 2. The van der Waals surface area contributed by atoms with Crippen LogP contribution < -0.4 is 16.0 Å². The molecule has 0 heterocycles. The second-order valence-corrected chi connectivity index (χ2v) is 6.96. The molecule has 0 bridgehead atoms. The molecule has 142 valence electrons. The predicted molar refractivity (Wildman–Crippen MR) is 113 cm³/mol. The van der Waals surface area contributed by atoms with E-state index in [-0.39, 0.29) is 42.3 Å². The Hall–Kier alpha value is -0.710. The summed E-state index contributed by atoms with van der Waals surface area (Å²) in [6.45, 7) is 7.48. The van der Waals surface area contributed by atoms with Crippen molar-refractivity contribution in [3.63, 3.8) is 0 Å². The Labute approximate surface area is 167 Å². The van der Waals surface area contributed by atoms with Crippen molar-refractivity contribution in [1.82, 2.24) is 20.9 Å². The Morgan fingerprint density at radius 2 is 1.79 bits per heavy atom. The second kappa shape index (κ2) is 13.6. The number of hydrogen-bond acceptors (Lipinski definition) is 4. The number of nitrogens with zero attached hydrogens (tertiary/aromatic N) is 2. The molecule has 0 radical (unpaired) electrons. The molecule has 9 heteroatoms. The van der Waals surface area contributed by atoms with Crippen LogP contribution in [0.3, 0.4) is 0 Å². The Bertz CT molecular complexity index is 417. The highest BCUT2D eigenvalue weighted by Crippen LogP contribution is 2.13. The summed E-state index contributed by atoms with van der Waals surface area (Å²) in [5.74, 6) is 1.40. The van der Waals surface area contributed by atoms with Crippen molar-refractivity contribution >= 4 is 53.5 Å². The zero-order valence-electron chi connectivity index (χ0n) is 15.6. The predicted octanol–water partition coefficient (Wildman–Crippen LogP) is 0.753. The van der Waals surface area contributed by atoms with Gasteiger partial charge in [0.1, 0.15) is 6.54 Å². The molecule has 0 aliphatic heterocycles. The zero-order valence-corrected chi connectivity index (χ0v) is 18.7. The molecule has 0 rings (SSSR count). The Kier molecular flexibility index (Phi) is 14.4. The maximum atomic E-state index is 12.0. The summed E-state index contributed by atoms with van der Waals surface area (Å²) in [6.07, 6.45) is 2.03. The van der Waals surface area contributed by atoms with Gasteiger partial charge >= 0.3 is 0 Å². The molecular formula is C15H32IN5O2S. The molecule has 0 saturated heterocycles. The largest absolute Gasteiger partial charge is 0.356 e. The number of thioether (sulfide) groups is 1. The minimum Gasteiger partial charge on any atom is -0.356 e. The third-order valence-electron chi connectivity index (χ3n) is 3.12. The van der Waals surface area contributed by atoms with Crippen molar-refractivity contribution < 1.29 is 9.59 Å². The molecule has 0 aliphatic carbocycles. The molecule has 24 heavy (non-hydrogen) atoms. The summed E-state index contributed by atoms with van der Waals surface area (Å²) in [7, 11) is 3.40. The van der Waals surface area contributed by atoms with Gasteiger partial charge in [0.25, 0.3) is 0 Å². The lowest BCUT2D eigenvalue weighted by Crippen LogP contribution is -2.48. The van der Waals surface area contributed by atoms with Gasteiger partial charge in [0.2, 0.25) is 11.8 Å². The topological polar surface area (TPSA) is 85.8 Å². The summed E-state index contributed by atoms with van der Waals surface area (Å²) >= 11 is 1.72. The van der Waals surface area contributed by atoms with Gasteiger partial charge in [-0.3, -0.25) is 9.59 Å². The molecule has 3 N–H and O–H groups in total. The van der Waals surface area contributed by atoms with E-state index in [1.807, 2.05) is 27.0 Å². The summed E-state index contributed by atoms with van der Waals surface area (Å²) in [5.41, 5.74) is -0.566. The number of amides is 2. The number of likely N-dealkylation sites (N-methyl/N-ethyl adjacent to an activating group) is 1. The summed E-state index contributed by atoms with van der Waals surface area (Å²) < 4.78 is 0. The molecule has 0 spiro atoms. The van der Waals surface area contributed by atoms with Crippen molar-refractivity contribution in [2.75, 3.05) is 52.3 Å². The van der Waals surface area contributed by atoms with Crippen LogP contribution in [0.15, 0.2) is 4.99 Å². The average molecular weight is 473 g/mol. The van der Waals surface area contributed by atoms with E-state index in [2.05, 4.69) is 20.9 Å². The SMILES string of the molecule is CCNC(=O)C(C)(C)CNC(=NCC(=O)N(C)C)NCCSC.I. The maximum absolute atomic E-state index is 12.0. The van der Waals surface area contributed by atoms with Crippen molar-refractivity contribution in [3.8, 4) is 0 Å². The van der Waals surface area contributed by atoms with Gasteiger partial charge in [0.05, 0.1) is 5.41 Å². The first kappa shape index (κ1) is 25.5.